The average molecular weight is 567 g/mol. The molecular weight excluding hydrogens is 540 g/mol. The molecule has 0 saturated carbocycles. The molecule has 6 nitrogen and oxygen atoms in total. The minimum atomic E-state index is -0.232. The van der Waals surface area contributed by atoms with Crippen LogP contribution < -0.4 is 19.7 Å². The summed E-state index contributed by atoms with van der Waals surface area (Å²) in [6, 6.07) is 29.8. The molecule has 1 fully saturated rings. The van der Waals surface area contributed by atoms with Crippen molar-refractivity contribution in [2.75, 3.05) is 16.8 Å². The minimum absolute atomic E-state index is 0.110. The number of amides is 2. The Kier molecular flexibility index (Phi) is 8.28. The van der Waals surface area contributed by atoms with Gasteiger partial charge in [-0.05, 0) is 85.1 Å². The van der Waals surface area contributed by atoms with Gasteiger partial charge in [0, 0.05) is 5.69 Å². The van der Waals surface area contributed by atoms with Crippen LogP contribution in [-0.2, 0) is 9.59 Å². The number of rotatable bonds is 8. The maximum absolute atomic E-state index is 13.2. The highest BCUT2D eigenvalue weighted by atomic mass is 32.2. The standard InChI is InChI=1S/C32H26N2O4S2/c1-21-7-6-8-22(2)30(21)33-29(35)20-37-25-15-11-23(12-16-25)19-28-31(36)34(32(39)40-28)24-13-17-27(18-14-24)38-26-9-4-3-5-10-26/h3-19H,20H2,1-2H3,(H,33,35)/b28-19-. The zero-order chi connectivity index (χ0) is 28.1. The van der Waals surface area contributed by atoms with Gasteiger partial charge in [0.05, 0.1) is 10.6 Å². The molecule has 1 aliphatic heterocycles. The average Bonchev–Trinajstić information content (AvgIpc) is 3.23. The van der Waals surface area contributed by atoms with Crippen LogP contribution >= 0.6 is 24.0 Å². The molecule has 1 heterocycles. The monoisotopic (exact) mass is 566 g/mol. The number of anilines is 2. The minimum Gasteiger partial charge on any atom is -0.484 e. The van der Waals surface area contributed by atoms with Gasteiger partial charge in [-0.2, -0.15) is 0 Å². The zero-order valence-corrected chi connectivity index (χ0v) is 23.6. The van der Waals surface area contributed by atoms with E-state index in [2.05, 4.69) is 5.32 Å². The fourth-order valence-electron chi connectivity index (χ4n) is 4.13. The van der Waals surface area contributed by atoms with Crippen molar-refractivity contribution in [1.82, 2.24) is 0 Å². The third-order valence-corrected chi connectivity index (χ3v) is 7.46. The van der Waals surface area contributed by atoms with Crippen LogP contribution in [0, 0.1) is 13.8 Å². The molecule has 0 aliphatic carbocycles. The summed E-state index contributed by atoms with van der Waals surface area (Å²) in [5.41, 5.74) is 4.29. The summed E-state index contributed by atoms with van der Waals surface area (Å²) in [6.07, 6.45) is 1.80. The molecule has 2 amide bonds. The van der Waals surface area contributed by atoms with Crippen LogP contribution in [0.25, 0.3) is 6.08 Å². The number of carbonyl (C=O) groups is 2. The number of hydrogen-bond acceptors (Lipinski definition) is 6. The number of nitrogens with zero attached hydrogens (tertiary/aromatic N) is 1. The van der Waals surface area contributed by atoms with Crippen molar-refractivity contribution < 1.29 is 19.1 Å². The fourth-order valence-corrected chi connectivity index (χ4v) is 5.42. The van der Waals surface area contributed by atoms with Crippen molar-refractivity contribution >= 4 is 57.6 Å². The van der Waals surface area contributed by atoms with Gasteiger partial charge in [-0.25, -0.2) is 0 Å². The Labute approximate surface area is 242 Å². The van der Waals surface area contributed by atoms with Crippen molar-refractivity contribution in [2.24, 2.45) is 0 Å². The highest BCUT2D eigenvalue weighted by Crippen LogP contribution is 2.37. The number of thiocarbonyl (C=S) groups is 1. The lowest BCUT2D eigenvalue weighted by atomic mass is 10.1. The van der Waals surface area contributed by atoms with Crippen molar-refractivity contribution in [2.45, 2.75) is 13.8 Å². The van der Waals surface area contributed by atoms with Crippen LogP contribution in [0.1, 0.15) is 16.7 Å². The Morgan fingerprint density at radius 1 is 0.850 bits per heavy atom. The molecule has 0 bridgehead atoms. The number of benzene rings is 4. The highest BCUT2D eigenvalue weighted by Gasteiger charge is 2.33. The molecular formula is C32H26N2O4S2. The van der Waals surface area contributed by atoms with Gasteiger partial charge in [0.2, 0.25) is 0 Å². The molecule has 1 N–H and O–H groups in total. The van der Waals surface area contributed by atoms with E-state index in [4.69, 9.17) is 21.7 Å². The maximum Gasteiger partial charge on any atom is 0.270 e. The molecule has 0 unspecified atom stereocenters. The summed E-state index contributed by atoms with van der Waals surface area (Å²) in [7, 11) is 0. The number of ether oxygens (including phenoxy) is 2. The van der Waals surface area contributed by atoms with E-state index in [1.54, 1.807) is 18.2 Å². The Morgan fingerprint density at radius 2 is 1.48 bits per heavy atom. The normalized spacial score (nSPS) is 13.9. The molecule has 0 atom stereocenters. The van der Waals surface area contributed by atoms with Gasteiger partial charge >= 0.3 is 0 Å². The zero-order valence-electron chi connectivity index (χ0n) is 21.9. The third-order valence-electron chi connectivity index (χ3n) is 6.16. The lowest BCUT2D eigenvalue weighted by molar-refractivity contribution is -0.118. The predicted octanol–water partition coefficient (Wildman–Crippen LogP) is 7.52. The number of aryl methyl sites for hydroxylation is 2. The Balaban J connectivity index is 1.19. The Hall–Kier alpha value is -4.40. The lowest BCUT2D eigenvalue weighted by Gasteiger charge is -2.15. The summed E-state index contributed by atoms with van der Waals surface area (Å²) < 4.78 is 12.0. The van der Waals surface area contributed by atoms with E-state index in [0.29, 0.717) is 26.4 Å². The van der Waals surface area contributed by atoms with Crippen molar-refractivity contribution in [3.63, 3.8) is 0 Å². The van der Waals surface area contributed by atoms with Gasteiger partial charge < -0.3 is 14.8 Å². The van der Waals surface area contributed by atoms with E-state index in [1.807, 2.05) is 98.8 Å². The number of para-hydroxylation sites is 2. The topological polar surface area (TPSA) is 67.9 Å². The van der Waals surface area contributed by atoms with Gasteiger partial charge in [-0.1, -0.05) is 72.5 Å². The van der Waals surface area contributed by atoms with Crippen LogP contribution in [0.2, 0.25) is 0 Å². The van der Waals surface area contributed by atoms with Crippen LogP contribution in [-0.4, -0.2) is 22.7 Å². The van der Waals surface area contributed by atoms with Crippen LogP contribution in [0.3, 0.4) is 0 Å². The summed E-state index contributed by atoms with van der Waals surface area (Å²) in [4.78, 5) is 27.6. The molecule has 4 aromatic rings. The molecule has 5 rings (SSSR count). The molecule has 0 spiro atoms. The molecule has 1 aliphatic rings. The molecule has 200 valence electrons. The van der Waals surface area contributed by atoms with Gasteiger partial charge in [-0.3, -0.25) is 14.5 Å². The Morgan fingerprint density at radius 3 is 2.15 bits per heavy atom. The van der Waals surface area contributed by atoms with Crippen LogP contribution in [0.15, 0.2) is 102 Å². The largest absolute Gasteiger partial charge is 0.484 e. The SMILES string of the molecule is Cc1cccc(C)c1NC(=O)COc1ccc(/C=C2\SC(=S)N(c3ccc(Oc4ccccc4)cc3)C2=O)cc1. The maximum atomic E-state index is 13.2. The molecule has 0 radical (unpaired) electrons. The number of nitrogens with one attached hydrogen (secondary N) is 1. The third kappa shape index (κ3) is 6.42. The highest BCUT2D eigenvalue weighted by molar-refractivity contribution is 8.27. The summed E-state index contributed by atoms with van der Waals surface area (Å²) in [5.74, 6) is 1.54. The van der Waals surface area contributed by atoms with Crippen molar-refractivity contribution in [3.05, 3.63) is 119 Å². The van der Waals surface area contributed by atoms with Crippen molar-refractivity contribution in [3.8, 4) is 17.2 Å². The van der Waals surface area contributed by atoms with Gasteiger partial charge in [0.25, 0.3) is 11.8 Å². The molecule has 1 saturated heterocycles. The first-order chi connectivity index (χ1) is 19.4. The first kappa shape index (κ1) is 27.2. The van der Waals surface area contributed by atoms with Gasteiger partial charge in [0.15, 0.2) is 10.9 Å². The van der Waals surface area contributed by atoms with Gasteiger partial charge in [-0.15, -0.1) is 0 Å². The van der Waals surface area contributed by atoms with Crippen molar-refractivity contribution in [1.29, 1.82) is 0 Å². The first-order valence-electron chi connectivity index (χ1n) is 12.6. The van der Waals surface area contributed by atoms with E-state index >= 15 is 0 Å². The van der Waals surface area contributed by atoms with E-state index < -0.39 is 0 Å². The molecule has 8 heteroatoms. The van der Waals surface area contributed by atoms with Crippen LogP contribution in [0.4, 0.5) is 11.4 Å². The Bertz CT molecular complexity index is 1560. The second-order valence-electron chi connectivity index (χ2n) is 9.10. The summed E-state index contributed by atoms with van der Waals surface area (Å²) >= 11 is 6.76. The molecule has 40 heavy (non-hydrogen) atoms. The first-order valence-corrected chi connectivity index (χ1v) is 13.8. The van der Waals surface area contributed by atoms with E-state index in [0.717, 1.165) is 28.1 Å². The lowest BCUT2D eigenvalue weighted by Crippen LogP contribution is -2.27. The predicted molar refractivity (Wildman–Crippen MR) is 165 cm³/mol. The number of carbonyl (C=O) groups excluding carboxylic acids is 2. The smallest absolute Gasteiger partial charge is 0.270 e. The van der Waals surface area contributed by atoms with E-state index in [1.165, 1.54) is 16.7 Å². The summed E-state index contributed by atoms with van der Waals surface area (Å²) in [6.45, 7) is 3.79. The summed E-state index contributed by atoms with van der Waals surface area (Å²) in [5, 5.41) is 2.91. The fraction of sp³-hybridized carbons (Fsp3) is 0.0938. The second-order valence-corrected chi connectivity index (χ2v) is 10.8. The van der Waals surface area contributed by atoms with E-state index in [9.17, 15) is 9.59 Å². The van der Waals surface area contributed by atoms with Gasteiger partial charge in [0.1, 0.15) is 17.2 Å². The quantitative estimate of drug-likeness (QED) is 0.176. The molecule has 4 aromatic carbocycles. The number of thioether (sulfide) groups is 1. The van der Waals surface area contributed by atoms with E-state index in [-0.39, 0.29) is 18.4 Å². The van der Waals surface area contributed by atoms with Crippen LogP contribution in [0.5, 0.6) is 17.2 Å². The second kappa shape index (κ2) is 12.2. The number of hydrogen-bond donors (Lipinski definition) is 1. The molecule has 0 aromatic heterocycles.